The fourth-order valence-electron chi connectivity index (χ4n) is 1.89. The zero-order valence-electron chi connectivity index (χ0n) is 9.33. The van der Waals surface area contributed by atoms with Crippen molar-refractivity contribution in [3.05, 3.63) is 48.0 Å². The summed E-state index contributed by atoms with van der Waals surface area (Å²) in [6, 6.07) is 5.65. The van der Waals surface area contributed by atoms with Crippen molar-refractivity contribution in [2.24, 2.45) is 7.05 Å². The molecule has 0 saturated heterocycles. The largest absolute Gasteiger partial charge is 0.382 e. The minimum Gasteiger partial charge on any atom is -0.382 e. The molecule has 3 heterocycles. The molecule has 3 aromatic heterocycles. The lowest BCUT2D eigenvalue weighted by Gasteiger charge is -2.04. The van der Waals surface area contributed by atoms with Gasteiger partial charge >= 0.3 is 0 Å². The minimum atomic E-state index is -0.696. The Morgan fingerprint density at radius 1 is 1.47 bits per heavy atom. The second-order valence-corrected chi connectivity index (χ2v) is 4.01. The first-order valence-corrected chi connectivity index (χ1v) is 5.34. The van der Waals surface area contributed by atoms with Crippen LogP contribution in [0.2, 0.25) is 0 Å². The number of hydrogen-bond donors (Lipinski definition) is 2. The number of hydrogen-bond acceptors (Lipinski definition) is 3. The second kappa shape index (κ2) is 3.71. The molecule has 0 aromatic carbocycles. The van der Waals surface area contributed by atoms with E-state index in [1.54, 1.807) is 23.3 Å². The summed E-state index contributed by atoms with van der Waals surface area (Å²) in [5.74, 6) is 0. The number of H-pyrrole nitrogens is 1. The highest BCUT2D eigenvalue weighted by Crippen LogP contribution is 2.23. The van der Waals surface area contributed by atoms with Crippen LogP contribution in [0, 0.1) is 0 Å². The van der Waals surface area contributed by atoms with E-state index in [4.69, 9.17) is 0 Å². The zero-order chi connectivity index (χ0) is 11.8. The molecule has 0 saturated carbocycles. The average Bonchev–Trinajstić information content (AvgIpc) is 2.93. The molecule has 0 spiro atoms. The predicted octanol–water partition coefficient (Wildman–Crippen LogP) is 1.38. The van der Waals surface area contributed by atoms with Crippen molar-refractivity contribution in [3.8, 4) is 0 Å². The molecule has 5 nitrogen and oxygen atoms in total. The van der Waals surface area contributed by atoms with Crippen molar-refractivity contribution in [1.82, 2.24) is 19.7 Å². The molecule has 0 aliphatic rings. The van der Waals surface area contributed by atoms with Gasteiger partial charge in [0, 0.05) is 25.0 Å². The van der Waals surface area contributed by atoms with Crippen molar-refractivity contribution >= 4 is 11.0 Å². The van der Waals surface area contributed by atoms with Crippen LogP contribution >= 0.6 is 0 Å². The molecular formula is C12H12N4O. The van der Waals surface area contributed by atoms with Crippen molar-refractivity contribution in [2.45, 2.75) is 6.10 Å². The lowest BCUT2D eigenvalue weighted by molar-refractivity contribution is 0.216. The third kappa shape index (κ3) is 1.70. The van der Waals surface area contributed by atoms with Gasteiger partial charge < -0.3 is 10.1 Å². The van der Waals surface area contributed by atoms with Crippen LogP contribution in [0.25, 0.3) is 11.0 Å². The van der Waals surface area contributed by atoms with E-state index in [0.717, 1.165) is 22.3 Å². The fraction of sp³-hybridized carbons (Fsp3) is 0.167. The molecular weight excluding hydrogens is 216 g/mol. The number of fused-ring (bicyclic) bond motifs is 1. The van der Waals surface area contributed by atoms with Crippen LogP contribution in [0.3, 0.4) is 0 Å². The monoisotopic (exact) mass is 228 g/mol. The van der Waals surface area contributed by atoms with E-state index in [1.807, 2.05) is 25.2 Å². The zero-order valence-corrected chi connectivity index (χ0v) is 9.33. The number of aryl methyl sites for hydroxylation is 1. The molecule has 5 heteroatoms. The summed E-state index contributed by atoms with van der Waals surface area (Å²) in [7, 11) is 1.82. The molecule has 0 bridgehead atoms. The minimum absolute atomic E-state index is 0.696. The number of aliphatic hydroxyl groups excluding tert-OH is 1. The Hall–Kier alpha value is -2.14. The van der Waals surface area contributed by atoms with E-state index < -0.39 is 6.10 Å². The molecule has 3 rings (SSSR count). The number of aromatic nitrogens is 4. The fourth-order valence-corrected chi connectivity index (χ4v) is 1.89. The van der Waals surface area contributed by atoms with Gasteiger partial charge in [0.15, 0.2) is 0 Å². The van der Waals surface area contributed by atoms with E-state index >= 15 is 0 Å². The number of nitrogens with zero attached hydrogens (tertiary/aromatic N) is 3. The van der Waals surface area contributed by atoms with Crippen LogP contribution in [0.4, 0.5) is 0 Å². The summed E-state index contributed by atoms with van der Waals surface area (Å²) in [4.78, 5) is 7.37. The highest BCUT2D eigenvalue weighted by atomic mass is 16.3. The molecule has 0 fully saturated rings. The van der Waals surface area contributed by atoms with Crippen LogP contribution in [0.15, 0.2) is 36.8 Å². The van der Waals surface area contributed by atoms with Gasteiger partial charge in [-0.2, -0.15) is 5.10 Å². The van der Waals surface area contributed by atoms with E-state index in [2.05, 4.69) is 15.1 Å². The number of nitrogens with one attached hydrogen (secondary N) is 1. The molecule has 2 N–H and O–H groups in total. The first-order chi connectivity index (χ1) is 8.24. The van der Waals surface area contributed by atoms with Gasteiger partial charge in [-0.1, -0.05) is 0 Å². The Balaban J connectivity index is 2.03. The van der Waals surface area contributed by atoms with Gasteiger partial charge in [0.25, 0.3) is 0 Å². The summed E-state index contributed by atoms with van der Waals surface area (Å²) < 4.78 is 1.67. The van der Waals surface area contributed by atoms with Crippen LogP contribution < -0.4 is 0 Å². The molecule has 86 valence electrons. The van der Waals surface area contributed by atoms with Gasteiger partial charge in [0.1, 0.15) is 6.10 Å². The molecule has 3 aromatic rings. The van der Waals surface area contributed by atoms with Gasteiger partial charge in [-0.15, -0.1) is 0 Å². The smallest absolute Gasteiger partial charge is 0.122 e. The normalized spacial score (nSPS) is 13.1. The van der Waals surface area contributed by atoms with Crippen LogP contribution in [-0.4, -0.2) is 24.9 Å². The van der Waals surface area contributed by atoms with Gasteiger partial charge in [-0.05, 0) is 18.2 Å². The third-order valence-electron chi connectivity index (χ3n) is 2.74. The molecule has 1 atom stereocenters. The highest BCUT2D eigenvalue weighted by Gasteiger charge is 2.14. The molecule has 0 amide bonds. The summed E-state index contributed by atoms with van der Waals surface area (Å²) in [5, 5.41) is 14.2. The first-order valence-electron chi connectivity index (χ1n) is 5.34. The Morgan fingerprint density at radius 3 is 3.06 bits per heavy atom. The summed E-state index contributed by atoms with van der Waals surface area (Å²) in [5.41, 5.74) is 3.27. The van der Waals surface area contributed by atoms with Crippen LogP contribution in [0.1, 0.15) is 17.4 Å². The van der Waals surface area contributed by atoms with Gasteiger partial charge in [-0.25, -0.2) is 0 Å². The summed E-state index contributed by atoms with van der Waals surface area (Å²) in [6.07, 6.45) is 4.49. The maximum Gasteiger partial charge on any atom is 0.122 e. The van der Waals surface area contributed by atoms with Crippen molar-refractivity contribution in [2.75, 3.05) is 0 Å². The molecule has 0 aliphatic carbocycles. The maximum absolute atomic E-state index is 10.2. The summed E-state index contributed by atoms with van der Waals surface area (Å²) >= 11 is 0. The summed E-state index contributed by atoms with van der Waals surface area (Å²) in [6.45, 7) is 0. The lowest BCUT2D eigenvalue weighted by Crippen LogP contribution is -1.98. The van der Waals surface area contributed by atoms with Crippen molar-refractivity contribution in [1.29, 1.82) is 0 Å². The molecule has 0 radical (unpaired) electrons. The van der Waals surface area contributed by atoms with Crippen molar-refractivity contribution < 1.29 is 5.11 Å². The topological polar surface area (TPSA) is 66.7 Å². The van der Waals surface area contributed by atoms with Gasteiger partial charge in [0.05, 0.1) is 22.9 Å². The third-order valence-corrected chi connectivity index (χ3v) is 2.74. The lowest BCUT2D eigenvalue weighted by atomic mass is 10.1. The predicted molar refractivity (Wildman–Crippen MR) is 63.4 cm³/mol. The van der Waals surface area contributed by atoms with E-state index in [-0.39, 0.29) is 0 Å². The first kappa shape index (κ1) is 10.0. The number of aliphatic hydroxyl groups is 1. The average molecular weight is 228 g/mol. The Bertz CT molecular complexity index is 622. The number of rotatable bonds is 2. The van der Waals surface area contributed by atoms with E-state index in [1.165, 1.54) is 0 Å². The quantitative estimate of drug-likeness (QED) is 0.696. The van der Waals surface area contributed by atoms with Crippen molar-refractivity contribution in [3.63, 3.8) is 0 Å². The van der Waals surface area contributed by atoms with Gasteiger partial charge in [-0.3, -0.25) is 9.67 Å². The Kier molecular flexibility index (Phi) is 2.19. The highest BCUT2D eigenvalue weighted by molar-refractivity contribution is 5.75. The van der Waals surface area contributed by atoms with Crippen LogP contribution in [-0.2, 0) is 7.05 Å². The standard InChI is InChI=1S/C12H12N4O/c1-16-7-8(6-14-16)12(17)11-5-10-9(15-11)3-2-4-13-10/h2-7,12,15,17H,1H3. The van der Waals surface area contributed by atoms with E-state index in [9.17, 15) is 5.11 Å². The Labute approximate surface area is 97.7 Å². The number of pyridine rings is 1. The van der Waals surface area contributed by atoms with Gasteiger partial charge in [0.2, 0.25) is 0 Å². The second-order valence-electron chi connectivity index (χ2n) is 4.01. The molecule has 1 unspecified atom stereocenters. The SMILES string of the molecule is Cn1cc(C(O)c2cc3ncccc3[nH]2)cn1. The molecule has 17 heavy (non-hydrogen) atoms. The number of aromatic amines is 1. The van der Waals surface area contributed by atoms with E-state index in [0.29, 0.717) is 0 Å². The maximum atomic E-state index is 10.2. The molecule has 0 aliphatic heterocycles. The van der Waals surface area contributed by atoms with Crippen LogP contribution in [0.5, 0.6) is 0 Å². The Morgan fingerprint density at radius 2 is 2.35 bits per heavy atom.